The Morgan fingerprint density at radius 2 is 2.00 bits per heavy atom. The van der Waals surface area contributed by atoms with Gasteiger partial charge in [-0.1, -0.05) is 18.2 Å². The summed E-state index contributed by atoms with van der Waals surface area (Å²) in [6.45, 7) is 3.46. The molecule has 1 aliphatic rings. The monoisotopic (exact) mass is 355 g/mol. The summed E-state index contributed by atoms with van der Waals surface area (Å²) >= 11 is 0. The quantitative estimate of drug-likeness (QED) is 0.618. The number of nitrogens with one attached hydrogen (secondary N) is 2. The fourth-order valence-electron chi connectivity index (χ4n) is 3.11. The lowest BCUT2D eigenvalue weighted by molar-refractivity contribution is 0.606. The molecule has 26 heavy (non-hydrogen) atoms. The van der Waals surface area contributed by atoms with Gasteiger partial charge in [-0.05, 0) is 48.6 Å². The zero-order chi connectivity index (χ0) is 18.2. The normalized spacial score (nSPS) is 14.5. The van der Waals surface area contributed by atoms with Gasteiger partial charge in [-0.25, -0.2) is 9.37 Å². The van der Waals surface area contributed by atoms with E-state index in [1.165, 1.54) is 24.5 Å². The van der Waals surface area contributed by atoms with E-state index in [-0.39, 0.29) is 5.82 Å². The van der Waals surface area contributed by atoms with E-state index in [9.17, 15) is 4.39 Å². The van der Waals surface area contributed by atoms with Crippen LogP contribution < -0.4 is 15.5 Å². The number of halogens is 1. The maximum atomic E-state index is 13.6. The van der Waals surface area contributed by atoms with Crippen LogP contribution in [0.4, 0.5) is 10.2 Å². The van der Waals surface area contributed by atoms with Crippen LogP contribution in [0.1, 0.15) is 24.0 Å². The molecule has 6 heteroatoms. The molecule has 1 aromatic carbocycles. The molecule has 1 aliphatic heterocycles. The third-order valence-corrected chi connectivity index (χ3v) is 4.57. The first-order valence-corrected chi connectivity index (χ1v) is 9.14. The molecule has 2 N–H and O–H groups in total. The molecule has 0 atom stereocenters. The van der Waals surface area contributed by atoms with Crippen LogP contribution in [0.3, 0.4) is 0 Å². The second-order valence-corrected chi connectivity index (χ2v) is 6.41. The zero-order valence-corrected chi connectivity index (χ0v) is 15.2. The molecule has 0 spiro atoms. The molecular weight excluding hydrogens is 329 g/mol. The van der Waals surface area contributed by atoms with Gasteiger partial charge in [0, 0.05) is 39.4 Å². The van der Waals surface area contributed by atoms with Crippen LogP contribution in [0.25, 0.3) is 0 Å². The van der Waals surface area contributed by atoms with Crippen molar-refractivity contribution in [1.29, 1.82) is 0 Å². The Morgan fingerprint density at radius 1 is 1.19 bits per heavy atom. The number of hydrogen-bond acceptors (Lipinski definition) is 3. The molecule has 0 aliphatic carbocycles. The summed E-state index contributed by atoms with van der Waals surface area (Å²) in [7, 11) is 1.74. The topological polar surface area (TPSA) is 52.6 Å². The van der Waals surface area contributed by atoms with Crippen molar-refractivity contribution in [2.75, 3.05) is 31.6 Å². The molecule has 1 fully saturated rings. The summed E-state index contributed by atoms with van der Waals surface area (Å²) in [5.74, 6) is 1.59. The lowest BCUT2D eigenvalue weighted by atomic mass is 10.1. The minimum atomic E-state index is -0.163. The highest BCUT2D eigenvalue weighted by Crippen LogP contribution is 2.18. The van der Waals surface area contributed by atoms with E-state index in [0.717, 1.165) is 18.9 Å². The number of hydrogen-bond donors (Lipinski definition) is 2. The average molecular weight is 355 g/mol. The smallest absolute Gasteiger partial charge is 0.191 e. The highest BCUT2D eigenvalue weighted by Gasteiger charge is 2.13. The molecule has 0 amide bonds. The standard InChI is InChI=1S/C20H26FN5/c1-22-20(24-11-9-17-6-2-3-7-18(17)21)25-15-16-8-10-23-19(14-16)26-12-4-5-13-26/h2-3,6-8,10,14H,4-5,9,11-13,15H2,1H3,(H2,22,24,25). The van der Waals surface area contributed by atoms with Gasteiger partial charge in [0.1, 0.15) is 11.6 Å². The minimum Gasteiger partial charge on any atom is -0.357 e. The fraction of sp³-hybridized carbons (Fsp3) is 0.400. The van der Waals surface area contributed by atoms with E-state index in [4.69, 9.17) is 0 Å². The third-order valence-electron chi connectivity index (χ3n) is 4.57. The van der Waals surface area contributed by atoms with Crippen molar-refractivity contribution in [3.63, 3.8) is 0 Å². The minimum absolute atomic E-state index is 0.163. The van der Waals surface area contributed by atoms with Crippen molar-refractivity contribution in [3.05, 3.63) is 59.5 Å². The summed E-state index contributed by atoms with van der Waals surface area (Å²) in [6, 6.07) is 11.0. The summed E-state index contributed by atoms with van der Waals surface area (Å²) < 4.78 is 13.6. The zero-order valence-electron chi connectivity index (χ0n) is 15.2. The Kier molecular flexibility index (Phi) is 6.41. The van der Waals surface area contributed by atoms with Crippen LogP contribution >= 0.6 is 0 Å². The van der Waals surface area contributed by atoms with E-state index in [1.807, 2.05) is 24.4 Å². The highest BCUT2D eigenvalue weighted by atomic mass is 19.1. The summed E-state index contributed by atoms with van der Waals surface area (Å²) in [5, 5.41) is 6.53. The van der Waals surface area contributed by atoms with Crippen LogP contribution in [0.5, 0.6) is 0 Å². The Bertz CT molecular complexity index is 740. The van der Waals surface area contributed by atoms with Crippen molar-refractivity contribution in [1.82, 2.24) is 15.6 Å². The molecule has 1 aromatic heterocycles. The van der Waals surface area contributed by atoms with Crippen molar-refractivity contribution in [3.8, 4) is 0 Å². The molecule has 0 bridgehead atoms. The van der Waals surface area contributed by atoms with Gasteiger partial charge in [-0.3, -0.25) is 4.99 Å². The Morgan fingerprint density at radius 3 is 2.77 bits per heavy atom. The van der Waals surface area contributed by atoms with Gasteiger partial charge in [0.25, 0.3) is 0 Å². The van der Waals surface area contributed by atoms with E-state index in [0.29, 0.717) is 31.0 Å². The molecule has 0 radical (unpaired) electrons. The first-order chi connectivity index (χ1) is 12.8. The van der Waals surface area contributed by atoms with Crippen LogP contribution in [-0.4, -0.2) is 37.6 Å². The lowest BCUT2D eigenvalue weighted by Gasteiger charge is -2.17. The fourth-order valence-corrected chi connectivity index (χ4v) is 3.11. The lowest BCUT2D eigenvalue weighted by Crippen LogP contribution is -2.38. The summed E-state index contributed by atoms with van der Waals surface area (Å²) in [6.07, 6.45) is 4.95. The molecule has 5 nitrogen and oxygen atoms in total. The number of guanidine groups is 1. The molecule has 0 saturated carbocycles. The van der Waals surface area contributed by atoms with Crippen LogP contribution in [0.15, 0.2) is 47.6 Å². The Labute approximate surface area is 154 Å². The molecule has 2 heterocycles. The predicted molar refractivity (Wildman–Crippen MR) is 104 cm³/mol. The molecule has 138 valence electrons. The Balaban J connectivity index is 1.48. The van der Waals surface area contributed by atoms with Gasteiger partial charge < -0.3 is 15.5 Å². The van der Waals surface area contributed by atoms with Gasteiger partial charge in [0.2, 0.25) is 0 Å². The van der Waals surface area contributed by atoms with E-state index in [1.54, 1.807) is 13.1 Å². The van der Waals surface area contributed by atoms with E-state index in [2.05, 4.69) is 31.6 Å². The van der Waals surface area contributed by atoms with Crippen LogP contribution in [0.2, 0.25) is 0 Å². The molecular formula is C20H26FN5. The average Bonchev–Trinajstić information content (AvgIpc) is 3.21. The number of aromatic nitrogens is 1. The van der Waals surface area contributed by atoms with E-state index < -0.39 is 0 Å². The van der Waals surface area contributed by atoms with Gasteiger partial charge in [0.05, 0.1) is 0 Å². The van der Waals surface area contributed by atoms with Crippen LogP contribution in [-0.2, 0) is 13.0 Å². The third kappa shape index (κ3) is 4.94. The number of nitrogens with zero attached hydrogens (tertiary/aromatic N) is 3. The largest absolute Gasteiger partial charge is 0.357 e. The molecule has 0 unspecified atom stereocenters. The predicted octanol–water partition coefficient (Wildman–Crippen LogP) is 2.73. The molecule has 1 saturated heterocycles. The second-order valence-electron chi connectivity index (χ2n) is 6.41. The first-order valence-electron chi connectivity index (χ1n) is 9.14. The summed E-state index contributed by atoms with van der Waals surface area (Å²) in [5.41, 5.74) is 1.87. The van der Waals surface area contributed by atoms with Gasteiger partial charge in [-0.2, -0.15) is 0 Å². The maximum absolute atomic E-state index is 13.6. The van der Waals surface area contributed by atoms with Gasteiger partial charge in [-0.15, -0.1) is 0 Å². The maximum Gasteiger partial charge on any atom is 0.191 e. The summed E-state index contributed by atoms with van der Waals surface area (Å²) in [4.78, 5) is 11.0. The number of anilines is 1. The van der Waals surface area contributed by atoms with E-state index >= 15 is 0 Å². The molecule has 3 rings (SSSR count). The first kappa shape index (κ1) is 18.2. The van der Waals surface area contributed by atoms with Crippen molar-refractivity contribution in [2.45, 2.75) is 25.8 Å². The Hall–Kier alpha value is -2.63. The number of benzene rings is 1. The second kappa shape index (κ2) is 9.17. The van der Waals surface area contributed by atoms with Crippen LogP contribution in [0, 0.1) is 5.82 Å². The highest BCUT2D eigenvalue weighted by molar-refractivity contribution is 5.79. The SMILES string of the molecule is CN=C(NCCc1ccccc1F)NCc1ccnc(N2CCCC2)c1. The van der Waals surface area contributed by atoms with Crippen molar-refractivity contribution in [2.24, 2.45) is 4.99 Å². The van der Waals surface area contributed by atoms with Gasteiger partial charge in [0.15, 0.2) is 5.96 Å². The number of aliphatic imine (C=N–C) groups is 1. The number of pyridine rings is 1. The van der Waals surface area contributed by atoms with Gasteiger partial charge >= 0.3 is 0 Å². The van der Waals surface area contributed by atoms with Crippen molar-refractivity contribution >= 4 is 11.8 Å². The number of rotatable bonds is 6. The molecule has 2 aromatic rings. The van der Waals surface area contributed by atoms with Crippen molar-refractivity contribution < 1.29 is 4.39 Å².